The van der Waals surface area contributed by atoms with Gasteiger partial charge >= 0.3 is 18.4 Å². The molecule has 0 aromatic rings. The number of rotatable bonds is 3. The van der Waals surface area contributed by atoms with Crippen molar-refractivity contribution in [3.05, 3.63) is 0 Å². The Labute approximate surface area is 94.8 Å². The molecule has 2 unspecified atom stereocenters. The first-order chi connectivity index (χ1) is 7.84. The van der Waals surface area contributed by atoms with Crippen LogP contribution in [0, 0.1) is 11.8 Å². The number of carboxylic acids is 2. The predicted molar refractivity (Wildman–Crippen MR) is 49.5 cm³/mol. The SMILES string of the molecule is O=C(O)C1CCN(C(=O)C(F)F)CC1C(=O)O. The molecule has 1 saturated heterocycles. The highest BCUT2D eigenvalue weighted by atomic mass is 19.3. The molecule has 1 amide bonds. The zero-order valence-corrected chi connectivity index (χ0v) is 8.68. The Kier molecular flexibility index (Phi) is 3.97. The number of amides is 1. The van der Waals surface area contributed by atoms with Crippen LogP contribution in [-0.4, -0.2) is 52.5 Å². The number of nitrogens with zero attached hydrogens (tertiary/aromatic N) is 1. The third kappa shape index (κ3) is 2.89. The number of halogens is 2. The minimum Gasteiger partial charge on any atom is -0.481 e. The van der Waals surface area contributed by atoms with Gasteiger partial charge in [-0.2, -0.15) is 8.78 Å². The van der Waals surface area contributed by atoms with Gasteiger partial charge in [0.2, 0.25) is 0 Å². The molecule has 1 heterocycles. The standard InChI is InChI=1S/C9H11F2NO5/c10-6(11)7(13)12-2-1-4(8(14)15)5(3-12)9(16)17/h4-6H,1-3H2,(H,14,15)(H,16,17). The van der Waals surface area contributed by atoms with E-state index in [1.807, 2.05) is 0 Å². The zero-order valence-electron chi connectivity index (χ0n) is 8.68. The van der Waals surface area contributed by atoms with Crippen molar-refractivity contribution in [2.24, 2.45) is 11.8 Å². The topological polar surface area (TPSA) is 94.9 Å². The Morgan fingerprint density at radius 3 is 2.06 bits per heavy atom. The van der Waals surface area contributed by atoms with E-state index in [2.05, 4.69) is 0 Å². The second-order valence-corrected chi connectivity index (χ2v) is 3.76. The molecule has 0 aromatic heterocycles. The Hall–Kier alpha value is -1.73. The highest BCUT2D eigenvalue weighted by Crippen LogP contribution is 2.25. The molecule has 1 aliphatic rings. The molecule has 0 radical (unpaired) electrons. The van der Waals surface area contributed by atoms with Gasteiger partial charge in [0.15, 0.2) is 0 Å². The minimum atomic E-state index is -3.20. The minimum absolute atomic E-state index is 0.134. The molecule has 96 valence electrons. The van der Waals surface area contributed by atoms with Crippen LogP contribution in [0.5, 0.6) is 0 Å². The van der Waals surface area contributed by atoms with Gasteiger partial charge in [-0.15, -0.1) is 0 Å². The van der Waals surface area contributed by atoms with Crippen LogP contribution in [0.1, 0.15) is 6.42 Å². The number of likely N-dealkylation sites (tertiary alicyclic amines) is 1. The Balaban J connectivity index is 2.79. The predicted octanol–water partition coefficient (Wildman–Crippen LogP) is -0.115. The molecule has 2 N–H and O–H groups in total. The van der Waals surface area contributed by atoms with Crippen LogP contribution < -0.4 is 0 Å². The molecule has 17 heavy (non-hydrogen) atoms. The summed E-state index contributed by atoms with van der Waals surface area (Å²) in [6.07, 6.45) is -3.34. The van der Waals surface area contributed by atoms with Gasteiger partial charge in [-0.1, -0.05) is 0 Å². The molecule has 0 bridgehead atoms. The van der Waals surface area contributed by atoms with Gasteiger partial charge in [0.25, 0.3) is 5.91 Å². The molecule has 1 fully saturated rings. The van der Waals surface area contributed by atoms with E-state index < -0.39 is 42.7 Å². The van der Waals surface area contributed by atoms with Crippen LogP contribution >= 0.6 is 0 Å². The van der Waals surface area contributed by atoms with Crippen molar-refractivity contribution in [1.29, 1.82) is 0 Å². The molecule has 0 aromatic carbocycles. The lowest BCUT2D eigenvalue weighted by Crippen LogP contribution is -2.50. The van der Waals surface area contributed by atoms with Gasteiger partial charge in [-0.3, -0.25) is 14.4 Å². The average molecular weight is 251 g/mol. The van der Waals surface area contributed by atoms with Crippen molar-refractivity contribution in [2.75, 3.05) is 13.1 Å². The zero-order chi connectivity index (χ0) is 13.2. The van der Waals surface area contributed by atoms with Crippen molar-refractivity contribution in [2.45, 2.75) is 12.8 Å². The van der Waals surface area contributed by atoms with E-state index in [1.165, 1.54) is 0 Å². The van der Waals surface area contributed by atoms with Crippen LogP contribution in [0.25, 0.3) is 0 Å². The lowest BCUT2D eigenvalue weighted by molar-refractivity contribution is -0.161. The number of carbonyl (C=O) groups is 3. The van der Waals surface area contributed by atoms with Crippen LogP contribution in [0.15, 0.2) is 0 Å². The second kappa shape index (κ2) is 5.07. The highest BCUT2D eigenvalue weighted by molar-refractivity contribution is 5.83. The number of carbonyl (C=O) groups excluding carboxylic acids is 1. The first-order valence-corrected chi connectivity index (χ1v) is 4.87. The Morgan fingerprint density at radius 2 is 1.65 bits per heavy atom. The van der Waals surface area contributed by atoms with Crippen molar-refractivity contribution < 1.29 is 33.4 Å². The summed E-state index contributed by atoms with van der Waals surface area (Å²) in [5, 5.41) is 17.6. The van der Waals surface area contributed by atoms with Crippen molar-refractivity contribution in [3.63, 3.8) is 0 Å². The maximum atomic E-state index is 12.1. The third-order valence-electron chi connectivity index (χ3n) is 2.75. The smallest absolute Gasteiger partial charge is 0.315 e. The van der Waals surface area contributed by atoms with Crippen LogP contribution in [0.4, 0.5) is 8.78 Å². The Morgan fingerprint density at radius 1 is 1.12 bits per heavy atom. The maximum absolute atomic E-state index is 12.1. The molecule has 0 aliphatic carbocycles. The van der Waals surface area contributed by atoms with E-state index in [0.29, 0.717) is 4.90 Å². The molecular formula is C9H11F2NO5. The van der Waals surface area contributed by atoms with Gasteiger partial charge < -0.3 is 15.1 Å². The maximum Gasteiger partial charge on any atom is 0.315 e. The third-order valence-corrected chi connectivity index (χ3v) is 2.75. The largest absolute Gasteiger partial charge is 0.481 e. The monoisotopic (exact) mass is 251 g/mol. The first kappa shape index (κ1) is 13.3. The summed E-state index contributed by atoms with van der Waals surface area (Å²) in [6, 6.07) is 0. The van der Waals surface area contributed by atoms with E-state index >= 15 is 0 Å². The molecule has 8 heteroatoms. The lowest BCUT2D eigenvalue weighted by atomic mass is 9.85. The molecule has 1 rings (SSSR count). The molecule has 2 atom stereocenters. The first-order valence-electron chi connectivity index (χ1n) is 4.87. The van der Waals surface area contributed by atoms with Crippen molar-refractivity contribution >= 4 is 17.8 Å². The quantitative estimate of drug-likeness (QED) is 0.729. The van der Waals surface area contributed by atoms with Crippen molar-refractivity contribution in [3.8, 4) is 0 Å². The number of piperidine rings is 1. The summed E-state index contributed by atoms with van der Waals surface area (Å²) in [7, 11) is 0. The molecule has 1 aliphatic heterocycles. The summed E-state index contributed by atoms with van der Waals surface area (Å²) in [6.45, 7) is -0.653. The number of aliphatic carboxylic acids is 2. The van der Waals surface area contributed by atoms with Crippen LogP contribution in [-0.2, 0) is 14.4 Å². The number of hydrogen-bond acceptors (Lipinski definition) is 3. The number of alkyl halides is 2. The number of hydrogen-bond donors (Lipinski definition) is 2. The summed E-state index contributed by atoms with van der Waals surface area (Å²) in [4.78, 5) is 33.3. The fourth-order valence-corrected chi connectivity index (χ4v) is 1.84. The fraction of sp³-hybridized carbons (Fsp3) is 0.667. The van der Waals surface area contributed by atoms with Crippen LogP contribution in [0.2, 0.25) is 0 Å². The van der Waals surface area contributed by atoms with E-state index in [0.717, 1.165) is 0 Å². The normalized spacial score (nSPS) is 24.8. The molecule has 0 spiro atoms. The summed E-state index contributed by atoms with van der Waals surface area (Å²) >= 11 is 0. The number of carboxylic acid groups (broad SMARTS) is 2. The van der Waals surface area contributed by atoms with Gasteiger partial charge in [-0.25, -0.2) is 0 Å². The summed E-state index contributed by atoms with van der Waals surface area (Å²) < 4.78 is 24.3. The van der Waals surface area contributed by atoms with E-state index in [1.54, 1.807) is 0 Å². The molecule has 0 saturated carbocycles. The van der Waals surface area contributed by atoms with Gasteiger partial charge in [-0.05, 0) is 6.42 Å². The Bertz CT molecular complexity index is 346. The summed E-state index contributed by atoms with van der Waals surface area (Å²) in [5.41, 5.74) is 0. The van der Waals surface area contributed by atoms with E-state index in [4.69, 9.17) is 10.2 Å². The van der Waals surface area contributed by atoms with Gasteiger partial charge in [0.05, 0.1) is 11.8 Å². The molecule has 6 nitrogen and oxygen atoms in total. The van der Waals surface area contributed by atoms with Gasteiger partial charge in [0, 0.05) is 13.1 Å². The van der Waals surface area contributed by atoms with E-state index in [9.17, 15) is 23.2 Å². The highest BCUT2D eigenvalue weighted by Gasteiger charge is 2.41. The van der Waals surface area contributed by atoms with Crippen LogP contribution in [0.3, 0.4) is 0 Å². The van der Waals surface area contributed by atoms with Crippen molar-refractivity contribution in [1.82, 2.24) is 4.90 Å². The second-order valence-electron chi connectivity index (χ2n) is 3.76. The summed E-state index contributed by atoms with van der Waals surface area (Å²) in [5.74, 6) is -6.64. The lowest BCUT2D eigenvalue weighted by Gasteiger charge is -2.34. The average Bonchev–Trinajstić information content (AvgIpc) is 2.26. The fourth-order valence-electron chi connectivity index (χ4n) is 1.84. The van der Waals surface area contributed by atoms with E-state index in [-0.39, 0.29) is 13.0 Å². The molecular weight excluding hydrogens is 240 g/mol. The van der Waals surface area contributed by atoms with Gasteiger partial charge in [0.1, 0.15) is 0 Å².